The average Bonchev–Trinajstić information content (AvgIpc) is 3.18. The molecule has 1 aromatic rings. The van der Waals surface area contributed by atoms with Crippen molar-refractivity contribution in [2.45, 2.75) is 51.2 Å². The molecule has 1 amide bonds. The zero-order valence-corrected chi connectivity index (χ0v) is 16.0. The van der Waals surface area contributed by atoms with Crippen LogP contribution in [0.2, 0.25) is 0 Å². The van der Waals surface area contributed by atoms with Crippen LogP contribution < -0.4 is 5.32 Å². The van der Waals surface area contributed by atoms with Crippen LogP contribution in [0.4, 0.5) is 0 Å². The fourth-order valence-corrected chi connectivity index (χ4v) is 4.78. The zero-order chi connectivity index (χ0) is 18.1. The lowest BCUT2D eigenvalue weighted by atomic mass is 9.92. The highest BCUT2D eigenvalue weighted by Crippen LogP contribution is 2.26. The van der Waals surface area contributed by atoms with E-state index in [0.717, 1.165) is 38.3 Å². The van der Waals surface area contributed by atoms with Gasteiger partial charge in [-0.15, -0.1) is 0 Å². The van der Waals surface area contributed by atoms with Gasteiger partial charge in [-0.1, -0.05) is 18.2 Å². The minimum absolute atomic E-state index is 0.231. The van der Waals surface area contributed by atoms with E-state index in [-0.39, 0.29) is 18.0 Å². The van der Waals surface area contributed by atoms with E-state index in [1.54, 1.807) is 0 Å². The van der Waals surface area contributed by atoms with Gasteiger partial charge in [0.15, 0.2) is 0 Å². The predicted octanol–water partition coefficient (Wildman–Crippen LogP) is 1.51. The number of ether oxygens (including phenoxy) is 1. The highest BCUT2D eigenvalue weighted by molar-refractivity contribution is 5.79. The van der Waals surface area contributed by atoms with Gasteiger partial charge < -0.3 is 15.0 Å². The Bertz CT molecular complexity index is 655. The van der Waals surface area contributed by atoms with Gasteiger partial charge in [-0.3, -0.25) is 9.69 Å². The number of hydrogen-bond acceptors (Lipinski definition) is 4. The highest BCUT2D eigenvalue weighted by Gasteiger charge is 2.44. The third-order valence-electron chi connectivity index (χ3n) is 6.37. The first-order valence-electron chi connectivity index (χ1n) is 10.0. The monoisotopic (exact) mass is 357 g/mol. The third kappa shape index (κ3) is 3.53. The molecule has 0 unspecified atom stereocenters. The number of carbonyl (C=O) groups excluding carboxylic acids is 1. The van der Waals surface area contributed by atoms with Gasteiger partial charge in [0.2, 0.25) is 5.91 Å². The number of carbonyl (C=O) groups is 1. The van der Waals surface area contributed by atoms with Crippen LogP contribution in [0.5, 0.6) is 0 Å². The van der Waals surface area contributed by atoms with E-state index in [1.165, 1.54) is 24.0 Å². The molecule has 0 aromatic heterocycles. The second kappa shape index (κ2) is 7.67. The van der Waals surface area contributed by atoms with Crippen LogP contribution in [0.3, 0.4) is 0 Å². The van der Waals surface area contributed by atoms with E-state index in [2.05, 4.69) is 47.2 Å². The SMILES string of the molecule is Cc1ccc(CC(=O)N2CCN[C@@H]3COC[C@H](N4CCCC4)[C@H]32)cc1C. The summed E-state index contributed by atoms with van der Waals surface area (Å²) in [4.78, 5) is 17.9. The van der Waals surface area contributed by atoms with Gasteiger partial charge in [-0.2, -0.15) is 0 Å². The standard InChI is InChI=1S/C21H31N3O2/c1-15-5-6-17(11-16(15)2)12-20(25)24-10-7-22-18-13-26-14-19(21(18)24)23-8-3-4-9-23/h5-6,11,18-19,21-22H,3-4,7-10,12-14H2,1-2H3/t18-,19+,21+/m1/s1. The molecule has 5 heteroatoms. The molecule has 0 radical (unpaired) electrons. The second-order valence-corrected chi connectivity index (χ2v) is 8.08. The minimum Gasteiger partial charge on any atom is -0.378 e. The smallest absolute Gasteiger partial charge is 0.227 e. The lowest BCUT2D eigenvalue weighted by Crippen LogP contribution is -2.70. The summed E-state index contributed by atoms with van der Waals surface area (Å²) in [7, 11) is 0. The van der Waals surface area contributed by atoms with Gasteiger partial charge in [-0.05, 0) is 56.5 Å². The minimum atomic E-state index is 0.231. The van der Waals surface area contributed by atoms with Gasteiger partial charge in [0.1, 0.15) is 0 Å². The van der Waals surface area contributed by atoms with E-state index in [0.29, 0.717) is 19.1 Å². The molecule has 3 heterocycles. The number of rotatable bonds is 3. The Kier molecular flexibility index (Phi) is 5.30. The summed E-state index contributed by atoms with van der Waals surface area (Å²) in [6.45, 7) is 9.62. The van der Waals surface area contributed by atoms with E-state index in [4.69, 9.17) is 4.74 Å². The molecule has 1 N–H and O–H groups in total. The first kappa shape index (κ1) is 18.0. The highest BCUT2D eigenvalue weighted by atomic mass is 16.5. The van der Waals surface area contributed by atoms with Crippen molar-refractivity contribution in [2.24, 2.45) is 0 Å². The van der Waals surface area contributed by atoms with Crippen molar-refractivity contribution in [1.82, 2.24) is 15.1 Å². The Labute approximate surface area is 156 Å². The summed E-state index contributed by atoms with van der Waals surface area (Å²) in [5.41, 5.74) is 3.66. The van der Waals surface area contributed by atoms with Crippen LogP contribution in [-0.2, 0) is 16.0 Å². The largest absolute Gasteiger partial charge is 0.378 e. The first-order chi connectivity index (χ1) is 12.6. The summed E-state index contributed by atoms with van der Waals surface area (Å²) in [5.74, 6) is 0.260. The van der Waals surface area contributed by atoms with Crippen LogP contribution in [0.25, 0.3) is 0 Å². The number of hydrogen-bond donors (Lipinski definition) is 1. The van der Waals surface area contributed by atoms with E-state index < -0.39 is 0 Å². The van der Waals surface area contributed by atoms with Crippen molar-refractivity contribution < 1.29 is 9.53 Å². The molecule has 4 rings (SSSR count). The summed E-state index contributed by atoms with van der Waals surface area (Å²) in [6, 6.07) is 7.20. The zero-order valence-electron chi connectivity index (χ0n) is 16.0. The fourth-order valence-electron chi connectivity index (χ4n) is 4.78. The molecule has 1 aromatic carbocycles. The van der Waals surface area contributed by atoms with Crippen molar-refractivity contribution in [3.63, 3.8) is 0 Å². The molecule has 0 bridgehead atoms. The Hall–Kier alpha value is -1.43. The number of aryl methyl sites for hydroxylation is 2. The molecular weight excluding hydrogens is 326 g/mol. The molecule has 5 nitrogen and oxygen atoms in total. The number of benzene rings is 1. The number of likely N-dealkylation sites (tertiary alicyclic amines) is 1. The number of nitrogens with one attached hydrogen (secondary N) is 1. The average molecular weight is 357 g/mol. The molecule has 3 aliphatic heterocycles. The van der Waals surface area contributed by atoms with Crippen LogP contribution in [0.1, 0.15) is 29.5 Å². The van der Waals surface area contributed by atoms with Gasteiger partial charge in [0, 0.05) is 13.1 Å². The molecule has 3 atom stereocenters. The maximum Gasteiger partial charge on any atom is 0.227 e. The summed E-state index contributed by atoms with van der Waals surface area (Å²) in [5, 5.41) is 3.59. The summed E-state index contributed by atoms with van der Waals surface area (Å²) >= 11 is 0. The molecule has 3 aliphatic rings. The normalized spacial score (nSPS) is 29.6. The van der Waals surface area contributed by atoms with E-state index in [1.807, 2.05) is 0 Å². The van der Waals surface area contributed by atoms with E-state index >= 15 is 0 Å². The maximum absolute atomic E-state index is 13.2. The molecule has 3 fully saturated rings. The van der Waals surface area contributed by atoms with Gasteiger partial charge >= 0.3 is 0 Å². The molecule has 142 valence electrons. The molecule has 3 saturated heterocycles. The van der Waals surface area contributed by atoms with Crippen molar-refractivity contribution in [3.05, 3.63) is 34.9 Å². The molecule has 26 heavy (non-hydrogen) atoms. The lowest BCUT2D eigenvalue weighted by Gasteiger charge is -2.50. The van der Waals surface area contributed by atoms with E-state index in [9.17, 15) is 4.79 Å². The fraction of sp³-hybridized carbons (Fsp3) is 0.667. The number of fused-ring (bicyclic) bond motifs is 1. The number of nitrogens with zero attached hydrogens (tertiary/aromatic N) is 2. The number of amides is 1. The topological polar surface area (TPSA) is 44.8 Å². The Balaban J connectivity index is 1.52. The lowest BCUT2D eigenvalue weighted by molar-refractivity contribution is -0.142. The molecule has 0 spiro atoms. The molecular formula is C21H31N3O2. The third-order valence-corrected chi connectivity index (χ3v) is 6.37. The van der Waals surface area contributed by atoms with Crippen molar-refractivity contribution in [2.75, 3.05) is 39.4 Å². The van der Waals surface area contributed by atoms with Crippen LogP contribution in [0, 0.1) is 13.8 Å². The second-order valence-electron chi connectivity index (χ2n) is 8.08. The van der Waals surface area contributed by atoms with Crippen molar-refractivity contribution in [1.29, 1.82) is 0 Å². The van der Waals surface area contributed by atoms with Gasteiger partial charge in [0.25, 0.3) is 0 Å². The van der Waals surface area contributed by atoms with Crippen LogP contribution in [0.15, 0.2) is 18.2 Å². The van der Waals surface area contributed by atoms with Gasteiger partial charge in [0.05, 0.1) is 37.8 Å². The maximum atomic E-state index is 13.2. The first-order valence-corrected chi connectivity index (χ1v) is 10.0. The van der Waals surface area contributed by atoms with Gasteiger partial charge in [-0.25, -0.2) is 0 Å². The summed E-state index contributed by atoms with van der Waals surface area (Å²) < 4.78 is 5.90. The molecule has 0 aliphatic carbocycles. The van der Waals surface area contributed by atoms with Crippen LogP contribution in [-0.4, -0.2) is 73.2 Å². The van der Waals surface area contributed by atoms with Crippen molar-refractivity contribution >= 4 is 5.91 Å². The Morgan fingerprint density at radius 2 is 1.96 bits per heavy atom. The predicted molar refractivity (Wildman–Crippen MR) is 102 cm³/mol. The number of piperazine rings is 1. The Morgan fingerprint density at radius 1 is 1.15 bits per heavy atom. The van der Waals surface area contributed by atoms with Crippen LogP contribution >= 0.6 is 0 Å². The summed E-state index contributed by atoms with van der Waals surface area (Å²) in [6.07, 6.45) is 3.02. The Morgan fingerprint density at radius 3 is 2.73 bits per heavy atom. The van der Waals surface area contributed by atoms with Crippen molar-refractivity contribution in [3.8, 4) is 0 Å². The molecule has 0 saturated carbocycles. The quantitative estimate of drug-likeness (QED) is 0.891.